The number of carbonyl (C=O) groups excluding carboxylic acids is 3. The number of nitrogens with zero attached hydrogens (tertiary/aromatic N) is 1. The zero-order chi connectivity index (χ0) is 21.5. The summed E-state index contributed by atoms with van der Waals surface area (Å²) in [6.45, 7) is 4.57. The van der Waals surface area contributed by atoms with Gasteiger partial charge in [0.25, 0.3) is 5.91 Å². The number of rotatable bonds is 7. The Morgan fingerprint density at radius 3 is 2.60 bits per heavy atom. The summed E-state index contributed by atoms with van der Waals surface area (Å²) in [6, 6.07) is 17.1. The van der Waals surface area contributed by atoms with Crippen LogP contribution in [0.2, 0.25) is 0 Å². The molecule has 0 bridgehead atoms. The third-order valence-electron chi connectivity index (χ3n) is 5.04. The van der Waals surface area contributed by atoms with E-state index in [1.54, 1.807) is 11.0 Å². The van der Waals surface area contributed by atoms with E-state index >= 15 is 0 Å². The lowest BCUT2D eigenvalue weighted by molar-refractivity contribution is -0.134. The predicted octanol–water partition coefficient (Wildman–Crippen LogP) is 2.35. The highest BCUT2D eigenvalue weighted by Crippen LogP contribution is 2.20. The molecule has 2 unspecified atom stereocenters. The Bertz CT molecular complexity index is 900. The van der Waals surface area contributed by atoms with Crippen molar-refractivity contribution < 1.29 is 19.1 Å². The van der Waals surface area contributed by atoms with Gasteiger partial charge in [-0.1, -0.05) is 49.4 Å². The Labute approximate surface area is 176 Å². The first-order valence-electron chi connectivity index (χ1n) is 10.1. The van der Waals surface area contributed by atoms with E-state index in [2.05, 4.69) is 10.9 Å². The van der Waals surface area contributed by atoms with Crippen LogP contribution in [0.3, 0.4) is 0 Å². The van der Waals surface area contributed by atoms with E-state index in [0.717, 1.165) is 11.1 Å². The van der Waals surface area contributed by atoms with Crippen molar-refractivity contribution in [1.29, 1.82) is 0 Å². The molecule has 3 rings (SSSR count). The molecule has 2 N–H and O–H groups in total. The molecule has 2 aromatic rings. The van der Waals surface area contributed by atoms with Gasteiger partial charge in [0.2, 0.25) is 11.8 Å². The summed E-state index contributed by atoms with van der Waals surface area (Å²) in [5, 5.41) is 0. The monoisotopic (exact) mass is 409 g/mol. The smallest absolute Gasteiger partial charge is 0.279 e. The maximum absolute atomic E-state index is 12.5. The molecule has 0 saturated carbocycles. The van der Waals surface area contributed by atoms with Gasteiger partial charge in [-0.05, 0) is 36.6 Å². The molecule has 0 radical (unpaired) electrons. The molecule has 2 atom stereocenters. The second kappa shape index (κ2) is 9.91. The summed E-state index contributed by atoms with van der Waals surface area (Å²) in [4.78, 5) is 38.8. The number of hydrogen-bond acceptors (Lipinski definition) is 4. The van der Waals surface area contributed by atoms with Crippen LogP contribution >= 0.6 is 0 Å². The Morgan fingerprint density at radius 2 is 1.90 bits per heavy atom. The van der Waals surface area contributed by atoms with Gasteiger partial charge in [-0.3, -0.25) is 25.2 Å². The number of likely N-dealkylation sites (tertiary alicyclic amines) is 1. The molecule has 1 aliphatic rings. The molecule has 3 amide bonds. The molecule has 0 spiro atoms. The minimum atomic E-state index is -0.730. The Morgan fingerprint density at radius 1 is 1.13 bits per heavy atom. The number of hydrazine groups is 1. The highest BCUT2D eigenvalue weighted by atomic mass is 16.5. The summed E-state index contributed by atoms with van der Waals surface area (Å²) < 4.78 is 5.74. The minimum Gasteiger partial charge on any atom is -0.481 e. The Kier molecular flexibility index (Phi) is 7.06. The van der Waals surface area contributed by atoms with Crippen molar-refractivity contribution in [3.05, 3.63) is 65.7 Å². The molecular formula is C23H27N3O4. The molecular weight excluding hydrogens is 382 g/mol. The number of ether oxygens (including phenoxy) is 1. The molecule has 1 fully saturated rings. The van der Waals surface area contributed by atoms with E-state index in [1.165, 1.54) is 0 Å². The van der Waals surface area contributed by atoms with Gasteiger partial charge in [-0.15, -0.1) is 0 Å². The molecule has 7 heteroatoms. The molecule has 158 valence electrons. The zero-order valence-electron chi connectivity index (χ0n) is 17.3. The van der Waals surface area contributed by atoms with Crippen molar-refractivity contribution in [2.75, 3.05) is 6.54 Å². The van der Waals surface area contributed by atoms with E-state index in [-0.39, 0.29) is 18.2 Å². The fourth-order valence-corrected chi connectivity index (χ4v) is 3.39. The molecule has 1 saturated heterocycles. The van der Waals surface area contributed by atoms with Crippen LogP contribution in [0.25, 0.3) is 0 Å². The minimum absolute atomic E-state index is 0.0699. The lowest BCUT2D eigenvalue weighted by atomic mass is 10.1. The van der Waals surface area contributed by atoms with Crippen LogP contribution in [0.5, 0.6) is 5.75 Å². The average molecular weight is 409 g/mol. The maximum atomic E-state index is 12.5. The fourth-order valence-electron chi connectivity index (χ4n) is 3.39. The van der Waals surface area contributed by atoms with Crippen LogP contribution in [-0.2, 0) is 20.9 Å². The topological polar surface area (TPSA) is 87.7 Å². The summed E-state index contributed by atoms with van der Waals surface area (Å²) in [7, 11) is 0. The number of nitrogens with one attached hydrogen (secondary N) is 2. The molecule has 1 aliphatic heterocycles. The second-order valence-corrected chi connectivity index (χ2v) is 7.47. The van der Waals surface area contributed by atoms with Gasteiger partial charge in [0.15, 0.2) is 6.10 Å². The van der Waals surface area contributed by atoms with Crippen molar-refractivity contribution in [1.82, 2.24) is 15.8 Å². The fraction of sp³-hybridized carbons (Fsp3) is 0.348. The van der Waals surface area contributed by atoms with Gasteiger partial charge < -0.3 is 9.64 Å². The third kappa shape index (κ3) is 5.59. The normalized spacial score (nSPS) is 16.8. The van der Waals surface area contributed by atoms with Crippen LogP contribution in [0.1, 0.15) is 30.9 Å². The third-order valence-corrected chi connectivity index (χ3v) is 5.04. The largest absolute Gasteiger partial charge is 0.481 e. The standard InChI is InChI=1S/C23H27N3O4/c1-3-20(30-19-11-7-8-16(2)12-19)23(29)25-24-22(28)18-13-21(27)26(15-18)14-17-9-5-4-6-10-17/h4-12,18,20H,3,13-15H2,1-2H3,(H,24,28)(H,25,29). The summed E-state index contributed by atoms with van der Waals surface area (Å²) in [5.74, 6) is -0.782. The first kappa shape index (κ1) is 21.4. The molecule has 2 aromatic carbocycles. The zero-order valence-corrected chi connectivity index (χ0v) is 17.3. The van der Waals surface area contributed by atoms with Gasteiger partial charge >= 0.3 is 0 Å². The van der Waals surface area contributed by atoms with Crippen LogP contribution in [0.15, 0.2) is 54.6 Å². The van der Waals surface area contributed by atoms with Crippen molar-refractivity contribution in [3.8, 4) is 5.75 Å². The van der Waals surface area contributed by atoms with E-state index in [9.17, 15) is 14.4 Å². The number of amides is 3. The predicted molar refractivity (Wildman–Crippen MR) is 112 cm³/mol. The first-order valence-corrected chi connectivity index (χ1v) is 10.1. The number of hydrogen-bond donors (Lipinski definition) is 2. The van der Waals surface area contributed by atoms with Crippen LogP contribution in [0.4, 0.5) is 0 Å². The van der Waals surface area contributed by atoms with Gasteiger partial charge in [0, 0.05) is 19.5 Å². The number of aryl methyl sites for hydroxylation is 1. The van der Waals surface area contributed by atoms with Crippen molar-refractivity contribution in [3.63, 3.8) is 0 Å². The SMILES string of the molecule is CCC(Oc1cccc(C)c1)C(=O)NNC(=O)C1CC(=O)N(Cc2ccccc2)C1. The molecule has 7 nitrogen and oxygen atoms in total. The van der Waals surface area contributed by atoms with Gasteiger partial charge in [-0.2, -0.15) is 0 Å². The van der Waals surface area contributed by atoms with Gasteiger partial charge in [-0.25, -0.2) is 0 Å². The van der Waals surface area contributed by atoms with Crippen LogP contribution in [-0.4, -0.2) is 35.3 Å². The van der Waals surface area contributed by atoms with Gasteiger partial charge in [0.05, 0.1) is 5.92 Å². The van der Waals surface area contributed by atoms with Crippen molar-refractivity contribution in [2.45, 2.75) is 39.3 Å². The number of benzene rings is 2. The highest BCUT2D eigenvalue weighted by Gasteiger charge is 2.34. The average Bonchev–Trinajstić information content (AvgIpc) is 3.11. The van der Waals surface area contributed by atoms with E-state index in [0.29, 0.717) is 25.3 Å². The van der Waals surface area contributed by atoms with Gasteiger partial charge in [0.1, 0.15) is 5.75 Å². The first-order chi connectivity index (χ1) is 14.5. The summed E-state index contributed by atoms with van der Waals surface area (Å²) in [6.07, 6.45) is -0.152. The molecule has 30 heavy (non-hydrogen) atoms. The molecule has 1 heterocycles. The lowest BCUT2D eigenvalue weighted by Gasteiger charge is -2.19. The van der Waals surface area contributed by atoms with E-state index in [1.807, 2.05) is 62.4 Å². The van der Waals surface area contributed by atoms with Crippen LogP contribution < -0.4 is 15.6 Å². The quantitative estimate of drug-likeness (QED) is 0.687. The highest BCUT2D eigenvalue weighted by molar-refractivity contribution is 5.91. The van der Waals surface area contributed by atoms with Crippen LogP contribution in [0, 0.1) is 12.8 Å². The van der Waals surface area contributed by atoms with E-state index < -0.39 is 17.9 Å². The number of carbonyl (C=O) groups is 3. The van der Waals surface area contributed by atoms with E-state index in [4.69, 9.17) is 4.74 Å². The molecule has 0 aliphatic carbocycles. The Balaban J connectivity index is 1.49. The van der Waals surface area contributed by atoms with Crippen molar-refractivity contribution >= 4 is 17.7 Å². The summed E-state index contributed by atoms with van der Waals surface area (Å²) >= 11 is 0. The maximum Gasteiger partial charge on any atom is 0.279 e. The summed E-state index contributed by atoms with van der Waals surface area (Å²) in [5.41, 5.74) is 6.92. The van der Waals surface area contributed by atoms with Crippen molar-refractivity contribution in [2.24, 2.45) is 5.92 Å². The lowest BCUT2D eigenvalue weighted by Crippen LogP contribution is -2.50. The Hall–Kier alpha value is -3.35. The second-order valence-electron chi connectivity index (χ2n) is 7.47. The molecule has 0 aromatic heterocycles.